The molecule has 0 atom stereocenters. The van der Waals surface area contributed by atoms with Crippen molar-refractivity contribution >= 4 is 8.32 Å². The minimum absolute atomic E-state index is 0.259. The lowest BCUT2D eigenvalue weighted by atomic mass is 10.1. The zero-order valence-corrected chi connectivity index (χ0v) is 22.0. The molecular weight excluding hydrogens is 384 g/mol. The van der Waals surface area contributed by atoms with Gasteiger partial charge in [0, 0.05) is 6.61 Å². The molecule has 1 aromatic rings. The molecule has 2 nitrogen and oxygen atoms in total. The predicted octanol–water partition coefficient (Wildman–Crippen LogP) is 9.04. The van der Waals surface area contributed by atoms with Gasteiger partial charge in [-0.3, -0.25) is 0 Å². The van der Waals surface area contributed by atoms with Crippen LogP contribution in [0.1, 0.15) is 109 Å². The van der Waals surface area contributed by atoms with E-state index in [0.717, 1.165) is 19.8 Å². The Morgan fingerprint density at radius 2 is 1.10 bits per heavy atom. The summed E-state index contributed by atoms with van der Waals surface area (Å²) in [5.41, 5.74) is 2.52. The molecule has 0 aliphatic rings. The van der Waals surface area contributed by atoms with E-state index < -0.39 is 8.32 Å². The second-order valence-electron chi connectivity index (χ2n) is 10.5. The third-order valence-electron chi connectivity index (χ3n) is 6.59. The van der Waals surface area contributed by atoms with Gasteiger partial charge in [-0.2, -0.15) is 0 Å². The van der Waals surface area contributed by atoms with E-state index in [4.69, 9.17) is 9.16 Å². The fourth-order valence-corrected chi connectivity index (χ4v) is 4.23. The second-order valence-corrected chi connectivity index (χ2v) is 15.3. The Morgan fingerprint density at radius 1 is 0.667 bits per heavy atom. The van der Waals surface area contributed by atoms with E-state index in [1.165, 1.54) is 81.8 Å². The van der Waals surface area contributed by atoms with Gasteiger partial charge in [0.05, 0.1) is 13.2 Å². The quantitative estimate of drug-likeness (QED) is 0.180. The molecule has 0 spiro atoms. The number of ether oxygens (including phenoxy) is 1. The van der Waals surface area contributed by atoms with Crippen LogP contribution in [0.3, 0.4) is 0 Å². The molecule has 0 aliphatic heterocycles. The summed E-state index contributed by atoms with van der Waals surface area (Å²) in [5.74, 6) is 0. The monoisotopic (exact) mass is 434 g/mol. The van der Waals surface area contributed by atoms with Crippen molar-refractivity contribution in [2.75, 3.05) is 6.61 Å². The third-order valence-corrected chi connectivity index (χ3v) is 11.1. The van der Waals surface area contributed by atoms with Crippen LogP contribution in [0.2, 0.25) is 18.1 Å². The van der Waals surface area contributed by atoms with Gasteiger partial charge in [0.2, 0.25) is 0 Å². The standard InChI is InChI=1S/C27H50O2Si/c1-7-8-9-10-11-12-13-14-15-16-17-22-28-23-25-18-20-26(21-19-25)24-29-30(5,6)27(2,3)4/h18-21H,7-17,22-24H2,1-6H3. The summed E-state index contributed by atoms with van der Waals surface area (Å²) in [7, 11) is -1.68. The molecule has 0 aromatic heterocycles. The number of unbranched alkanes of at least 4 members (excludes halogenated alkanes) is 10. The molecule has 0 N–H and O–H groups in total. The Labute approximate surface area is 189 Å². The van der Waals surface area contributed by atoms with Crippen LogP contribution in [0, 0.1) is 0 Å². The van der Waals surface area contributed by atoms with Crippen LogP contribution in [0.25, 0.3) is 0 Å². The maximum Gasteiger partial charge on any atom is 0.192 e. The summed E-state index contributed by atoms with van der Waals surface area (Å²) in [6.07, 6.45) is 15.2. The highest BCUT2D eigenvalue weighted by Gasteiger charge is 2.36. The van der Waals surface area contributed by atoms with E-state index in [9.17, 15) is 0 Å². The first kappa shape index (κ1) is 27.4. The van der Waals surface area contributed by atoms with Crippen LogP contribution in [0.4, 0.5) is 0 Å². The van der Waals surface area contributed by atoms with Crippen LogP contribution in [0.15, 0.2) is 24.3 Å². The summed E-state index contributed by atoms with van der Waals surface area (Å²) < 4.78 is 12.2. The number of hydrogen-bond donors (Lipinski definition) is 0. The Hall–Kier alpha value is -0.643. The molecule has 174 valence electrons. The fraction of sp³-hybridized carbons (Fsp3) is 0.778. The van der Waals surface area contributed by atoms with Crippen LogP contribution >= 0.6 is 0 Å². The van der Waals surface area contributed by atoms with Gasteiger partial charge in [0.25, 0.3) is 0 Å². The summed E-state index contributed by atoms with van der Waals surface area (Å²) >= 11 is 0. The van der Waals surface area contributed by atoms with Gasteiger partial charge in [0.1, 0.15) is 0 Å². The predicted molar refractivity (Wildman–Crippen MR) is 135 cm³/mol. The minimum Gasteiger partial charge on any atom is -0.413 e. The highest BCUT2D eigenvalue weighted by molar-refractivity contribution is 6.74. The summed E-state index contributed by atoms with van der Waals surface area (Å²) in [6.45, 7) is 16.1. The maximum atomic E-state index is 6.31. The molecule has 1 rings (SSSR count). The van der Waals surface area contributed by atoms with Crippen molar-refractivity contribution in [1.82, 2.24) is 0 Å². The Bertz CT molecular complexity index is 531. The van der Waals surface area contributed by atoms with E-state index in [0.29, 0.717) is 0 Å². The van der Waals surface area contributed by atoms with Crippen LogP contribution in [-0.2, 0) is 22.4 Å². The van der Waals surface area contributed by atoms with Crippen molar-refractivity contribution in [3.63, 3.8) is 0 Å². The molecule has 3 heteroatoms. The molecule has 0 saturated heterocycles. The number of hydrogen-bond acceptors (Lipinski definition) is 2. The van der Waals surface area contributed by atoms with Crippen molar-refractivity contribution in [2.24, 2.45) is 0 Å². The number of benzene rings is 1. The lowest BCUT2D eigenvalue weighted by Crippen LogP contribution is -2.40. The molecule has 0 fully saturated rings. The summed E-state index contributed by atoms with van der Waals surface area (Å²) in [5, 5.41) is 0.259. The fourth-order valence-electron chi connectivity index (χ4n) is 3.27. The first-order valence-corrected chi connectivity index (χ1v) is 15.5. The van der Waals surface area contributed by atoms with Gasteiger partial charge in [-0.15, -0.1) is 0 Å². The normalized spacial score (nSPS) is 12.5. The van der Waals surface area contributed by atoms with Gasteiger partial charge in [-0.05, 0) is 35.7 Å². The molecule has 0 saturated carbocycles. The average Bonchev–Trinajstić information content (AvgIpc) is 2.70. The molecule has 1 aromatic carbocycles. The lowest BCUT2D eigenvalue weighted by molar-refractivity contribution is 0.116. The molecule has 0 aliphatic carbocycles. The van der Waals surface area contributed by atoms with E-state index in [2.05, 4.69) is 65.1 Å². The van der Waals surface area contributed by atoms with Crippen molar-refractivity contribution in [1.29, 1.82) is 0 Å². The van der Waals surface area contributed by atoms with Crippen LogP contribution < -0.4 is 0 Å². The van der Waals surface area contributed by atoms with Crippen molar-refractivity contribution in [3.05, 3.63) is 35.4 Å². The number of rotatable bonds is 17. The highest BCUT2D eigenvalue weighted by atomic mass is 28.4. The Balaban J connectivity index is 2.04. The van der Waals surface area contributed by atoms with Gasteiger partial charge < -0.3 is 9.16 Å². The molecule has 0 heterocycles. The highest BCUT2D eigenvalue weighted by Crippen LogP contribution is 2.37. The SMILES string of the molecule is CCCCCCCCCCCCCOCc1ccc(CO[Si](C)(C)C(C)(C)C)cc1. The summed E-state index contributed by atoms with van der Waals surface area (Å²) in [4.78, 5) is 0. The molecule has 0 radical (unpaired) electrons. The minimum atomic E-state index is -1.68. The van der Waals surface area contributed by atoms with Gasteiger partial charge >= 0.3 is 0 Å². The zero-order valence-electron chi connectivity index (χ0n) is 21.0. The van der Waals surface area contributed by atoms with E-state index in [-0.39, 0.29) is 5.04 Å². The zero-order chi connectivity index (χ0) is 22.3. The molecular formula is C27H50O2Si. The lowest BCUT2D eigenvalue weighted by Gasteiger charge is -2.36. The molecule has 30 heavy (non-hydrogen) atoms. The molecule has 0 amide bonds. The third kappa shape index (κ3) is 12.3. The summed E-state index contributed by atoms with van der Waals surface area (Å²) in [6, 6.07) is 8.75. The van der Waals surface area contributed by atoms with Gasteiger partial charge in [0.15, 0.2) is 8.32 Å². The van der Waals surface area contributed by atoms with E-state index >= 15 is 0 Å². The smallest absolute Gasteiger partial charge is 0.192 e. The Morgan fingerprint density at radius 3 is 1.57 bits per heavy atom. The van der Waals surface area contributed by atoms with Crippen LogP contribution in [0.5, 0.6) is 0 Å². The van der Waals surface area contributed by atoms with Crippen molar-refractivity contribution < 1.29 is 9.16 Å². The van der Waals surface area contributed by atoms with E-state index in [1.807, 2.05) is 0 Å². The van der Waals surface area contributed by atoms with Crippen molar-refractivity contribution in [2.45, 2.75) is 130 Å². The second kappa shape index (κ2) is 15.2. The molecule has 0 unspecified atom stereocenters. The first-order chi connectivity index (χ1) is 14.3. The first-order valence-electron chi connectivity index (χ1n) is 12.6. The van der Waals surface area contributed by atoms with Gasteiger partial charge in [-0.25, -0.2) is 0 Å². The van der Waals surface area contributed by atoms with Crippen LogP contribution in [-0.4, -0.2) is 14.9 Å². The topological polar surface area (TPSA) is 18.5 Å². The molecule has 0 bridgehead atoms. The van der Waals surface area contributed by atoms with Gasteiger partial charge in [-0.1, -0.05) is 116 Å². The van der Waals surface area contributed by atoms with Crippen molar-refractivity contribution in [3.8, 4) is 0 Å². The largest absolute Gasteiger partial charge is 0.413 e. The maximum absolute atomic E-state index is 6.31. The Kier molecular flexibility index (Phi) is 13.9. The average molecular weight is 435 g/mol. The van der Waals surface area contributed by atoms with E-state index in [1.54, 1.807) is 0 Å².